The Morgan fingerprint density at radius 3 is 2.68 bits per heavy atom. The minimum atomic E-state index is -0.0992. The van der Waals surface area contributed by atoms with Crippen LogP contribution in [0.25, 0.3) is 21.0 Å². The Balaban J connectivity index is 1.56. The maximum absolute atomic E-state index is 14.4. The summed E-state index contributed by atoms with van der Waals surface area (Å²) in [5.41, 5.74) is 2.48. The number of benzene rings is 3. The van der Waals surface area contributed by atoms with Gasteiger partial charge in [-0.25, -0.2) is 4.98 Å². The van der Waals surface area contributed by atoms with Gasteiger partial charge in [0.25, 0.3) is 5.91 Å². The molecule has 1 amide bonds. The number of methoxy groups -OCH3 is 1. The predicted octanol–water partition coefficient (Wildman–Crippen LogP) is 5.53. The first-order valence-corrected chi connectivity index (χ1v) is 13.6. The summed E-state index contributed by atoms with van der Waals surface area (Å²) >= 11 is 1.53. The number of hydrogen-bond donors (Lipinski definition) is 0. The second-order valence-electron chi connectivity index (χ2n) is 9.12. The minimum absolute atomic E-state index is 0.0992. The zero-order chi connectivity index (χ0) is 25.8. The summed E-state index contributed by atoms with van der Waals surface area (Å²) in [4.78, 5) is 23.6. The highest BCUT2D eigenvalue weighted by Crippen LogP contribution is 2.38. The monoisotopic (exact) mass is 519 g/mol. The molecule has 0 atom stereocenters. The molecule has 0 spiro atoms. The Hall–Kier alpha value is -3.20. The number of morpholine rings is 1. The molecule has 0 aliphatic carbocycles. The summed E-state index contributed by atoms with van der Waals surface area (Å²) in [6.07, 6.45) is 0.826. The first-order chi connectivity index (χ1) is 18.1. The van der Waals surface area contributed by atoms with Crippen molar-refractivity contribution < 1.29 is 19.0 Å². The van der Waals surface area contributed by atoms with Gasteiger partial charge < -0.3 is 14.2 Å². The van der Waals surface area contributed by atoms with Crippen LogP contribution in [0.15, 0.2) is 48.5 Å². The number of anilines is 1. The topological polar surface area (TPSA) is 64.1 Å². The molecule has 37 heavy (non-hydrogen) atoms. The van der Waals surface area contributed by atoms with Gasteiger partial charge in [0, 0.05) is 26.2 Å². The zero-order valence-corrected chi connectivity index (χ0v) is 22.5. The Bertz CT molecular complexity index is 1400. The van der Waals surface area contributed by atoms with Crippen molar-refractivity contribution in [2.24, 2.45) is 0 Å². The molecule has 1 aliphatic heterocycles. The average molecular weight is 520 g/mol. The van der Waals surface area contributed by atoms with Gasteiger partial charge in [-0.2, -0.15) is 0 Å². The van der Waals surface area contributed by atoms with Crippen LogP contribution in [0, 0.1) is 6.92 Å². The minimum Gasteiger partial charge on any atom is -0.494 e. The standard InChI is InChI=1S/C29H33N3O4S/c1-4-36-23-13-11-21-8-5-6-9-22(21)25(23)28(33)32(15-7-14-31-16-18-35-19-17-31)29-30-26-24(34-3)12-10-20(2)27(26)37-29/h5-6,8-13H,4,7,14-19H2,1-3H3. The molecule has 1 fully saturated rings. The van der Waals surface area contributed by atoms with E-state index in [1.165, 1.54) is 11.3 Å². The Kier molecular flexibility index (Phi) is 7.88. The van der Waals surface area contributed by atoms with E-state index in [2.05, 4.69) is 11.8 Å². The van der Waals surface area contributed by atoms with Crippen molar-refractivity contribution >= 4 is 43.4 Å². The van der Waals surface area contributed by atoms with E-state index in [4.69, 9.17) is 19.2 Å². The van der Waals surface area contributed by atoms with E-state index in [1.54, 1.807) is 7.11 Å². The van der Waals surface area contributed by atoms with E-state index in [1.807, 2.05) is 60.4 Å². The Morgan fingerprint density at radius 1 is 1.11 bits per heavy atom. The van der Waals surface area contributed by atoms with Crippen LogP contribution < -0.4 is 14.4 Å². The number of hydrogen-bond acceptors (Lipinski definition) is 7. The number of aromatic nitrogens is 1. The average Bonchev–Trinajstić information content (AvgIpc) is 3.38. The van der Waals surface area contributed by atoms with Gasteiger partial charge in [0.1, 0.15) is 17.0 Å². The molecule has 194 valence electrons. The fraction of sp³-hybridized carbons (Fsp3) is 0.379. The van der Waals surface area contributed by atoms with Gasteiger partial charge in [-0.3, -0.25) is 14.6 Å². The quantitative estimate of drug-likeness (QED) is 0.290. The molecule has 2 heterocycles. The number of thiazole rings is 1. The smallest absolute Gasteiger partial charge is 0.264 e. The molecule has 0 bridgehead atoms. The van der Waals surface area contributed by atoms with Crippen molar-refractivity contribution in [2.75, 3.05) is 58.0 Å². The SMILES string of the molecule is CCOc1ccc2ccccc2c1C(=O)N(CCCN1CCOCC1)c1nc2c(OC)ccc(C)c2s1. The van der Waals surface area contributed by atoms with Crippen molar-refractivity contribution in [2.45, 2.75) is 20.3 Å². The van der Waals surface area contributed by atoms with Gasteiger partial charge in [0.2, 0.25) is 0 Å². The molecule has 3 aromatic carbocycles. The molecule has 8 heteroatoms. The lowest BCUT2D eigenvalue weighted by Crippen LogP contribution is -2.39. The van der Waals surface area contributed by atoms with Gasteiger partial charge in [-0.05, 0) is 48.7 Å². The Labute approximate surface area is 221 Å². The number of carbonyl (C=O) groups is 1. The maximum Gasteiger partial charge on any atom is 0.264 e. The second kappa shape index (κ2) is 11.5. The number of fused-ring (bicyclic) bond motifs is 2. The van der Waals surface area contributed by atoms with Gasteiger partial charge in [0.15, 0.2) is 5.13 Å². The van der Waals surface area contributed by atoms with Crippen molar-refractivity contribution in [3.05, 3.63) is 59.7 Å². The molecular weight excluding hydrogens is 486 g/mol. The molecule has 1 aromatic heterocycles. The zero-order valence-electron chi connectivity index (χ0n) is 21.7. The van der Waals surface area contributed by atoms with Crippen LogP contribution in [0.4, 0.5) is 5.13 Å². The van der Waals surface area contributed by atoms with Crippen LogP contribution in [-0.4, -0.2) is 68.9 Å². The second-order valence-corrected chi connectivity index (χ2v) is 10.1. The summed E-state index contributed by atoms with van der Waals surface area (Å²) in [6.45, 7) is 9.28. The fourth-order valence-corrected chi connectivity index (χ4v) is 5.90. The summed E-state index contributed by atoms with van der Waals surface area (Å²) in [7, 11) is 1.65. The molecule has 0 unspecified atom stereocenters. The number of carbonyl (C=O) groups excluding carboxylic acids is 1. The summed E-state index contributed by atoms with van der Waals surface area (Å²) in [6, 6.07) is 15.8. The van der Waals surface area contributed by atoms with E-state index < -0.39 is 0 Å². The van der Waals surface area contributed by atoms with E-state index in [-0.39, 0.29) is 5.91 Å². The first-order valence-electron chi connectivity index (χ1n) is 12.8. The van der Waals surface area contributed by atoms with E-state index in [9.17, 15) is 4.79 Å². The Morgan fingerprint density at radius 2 is 1.89 bits per heavy atom. The largest absolute Gasteiger partial charge is 0.494 e. The van der Waals surface area contributed by atoms with Gasteiger partial charge in [-0.1, -0.05) is 47.7 Å². The van der Waals surface area contributed by atoms with Crippen LogP contribution >= 0.6 is 11.3 Å². The lowest BCUT2D eigenvalue weighted by Gasteiger charge is -2.28. The van der Waals surface area contributed by atoms with Gasteiger partial charge >= 0.3 is 0 Å². The van der Waals surface area contributed by atoms with Crippen molar-refractivity contribution in [3.63, 3.8) is 0 Å². The number of rotatable bonds is 9. The van der Waals surface area contributed by atoms with Crippen molar-refractivity contribution in [3.8, 4) is 11.5 Å². The van der Waals surface area contributed by atoms with Crippen LogP contribution in [0.1, 0.15) is 29.3 Å². The number of aryl methyl sites for hydroxylation is 1. The normalized spacial score (nSPS) is 14.2. The maximum atomic E-state index is 14.4. The van der Waals surface area contributed by atoms with Crippen LogP contribution in [0.2, 0.25) is 0 Å². The third kappa shape index (κ3) is 5.28. The molecule has 0 N–H and O–H groups in total. The molecule has 1 aliphatic rings. The van der Waals surface area contributed by atoms with Gasteiger partial charge in [0.05, 0.1) is 37.2 Å². The number of amides is 1. The van der Waals surface area contributed by atoms with Crippen molar-refractivity contribution in [1.82, 2.24) is 9.88 Å². The highest BCUT2D eigenvalue weighted by Gasteiger charge is 2.27. The molecule has 4 aromatic rings. The molecular formula is C29H33N3O4S. The fourth-order valence-electron chi connectivity index (χ4n) is 4.82. The van der Waals surface area contributed by atoms with Crippen LogP contribution in [0.3, 0.4) is 0 Å². The van der Waals surface area contributed by atoms with E-state index >= 15 is 0 Å². The number of nitrogens with zero attached hydrogens (tertiary/aromatic N) is 3. The van der Waals surface area contributed by atoms with Gasteiger partial charge in [-0.15, -0.1) is 0 Å². The highest BCUT2D eigenvalue weighted by molar-refractivity contribution is 7.22. The molecule has 5 rings (SSSR count). The highest BCUT2D eigenvalue weighted by atomic mass is 32.1. The van der Waals surface area contributed by atoms with E-state index in [0.717, 1.165) is 65.8 Å². The first kappa shape index (κ1) is 25.4. The molecule has 1 saturated heterocycles. The van der Waals surface area contributed by atoms with E-state index in [0.29, 0.717) is 35.3 Å². The lowest BCUT2D eigenvalue weighted by atomic mass is 10.0. The summed E-state index contributed by atoms with van der Waals surface area (Å²) in [5, 5.41) is 2.56. The summed E-state index contributed by atoms with van der Waals surface area (Å²) < 4.78 is 18.1. The third-order valence-corrected chi connectivity index (χ3v) is 7.97. The van der Waals surface area contributed by atoms with Crippen molar-refractivity contribution in [1.29, 1.82) is 0 Å². The lowest BCUT2D eigenvalue weighted by molar-refractivity contribution is 0.0376. The third-order valence-electron chi connectivity index (χ3n) is 6.75. The number of ether oxygens (including phenoxy) is 3. The molecule has 7 nitrogen and oxygen atoms in total. The predicted molar refractivity (Wildman–Crippen MR) is 150 cm³/mol. The van der Waals surface area contributed by atoms with Crippen LogP contribution in [-0.2, 0) is 4.74 Å². The summed E-state index contributed by atoms with van der Waals surface area (Å²) in [5.74, 6) is 1.21. The molecule has 0 radical (unpaired) electrons. The van der Waals surface area contributed by atoms with Crippen LogP contribution in [0.5, 0.6) is 11.5 Å². The molecule has 0 saturated carbocycles.